The van der Waals surface area contributed by atoms with Gasteiger partial charge in [-0.2, -0.15) is 5.10 Å². The Balaban J connectivity index is 1.61. The van der Waals surface area contributed by atoms with E-state index in [1.165, 1.54) is 31.3 Å². The summed E-state index contributed by atoms with van der Waals surface area (Å²) in [6, 6.07) is 6.81. The number of H-pyrrole nitrogens is 1. The fourth-order valence-corrected chi connectivity index (χ4v) is 3.77. The molecule has 0 radical (unpaired) electrons. The van der Waals surface area contributed by atoms with E-state index in [0.29, 0.717) is 6.04 Å². The third-order valence-electron chi connectivity index (χ3n) is 4.50. The van der Waals surface area contributed by atoms with E-state index in [4.69, 9.17) is 0 Å². The van der Waals surface area contributed by atoms with Crippen LogP contribution in [0.5, 0.6) is 0 Å². The topological polar surface area (TPSA) is 44.0 Å². The van der Waals surface area contributed by atoms with Gasteiger partial charge < -0.3 is 10.2 Å². The maximum absolute atomic E-state index is 4.44. The molecule has 3 fully saturated rings. The van der Waals surface area contributed by atoms with Crippen molar-refractivity contribution in [1.82, 2.24) is 15.1 Å². The summed E-state index contributed by atoms with van der Waals surface area (Å²) < 4.78 is 1.08. The van der Waals surface area contributed by atoms with Gasteiger partial charge in [0.05, 0.1) is 5.52 Å². The second kappa shape index (κ2) is 4.49. The van der Waals surface area contributed by atoms with Gasteiger partial charge in [0.2, 0.25) is 0 Å². The zero-order chi connectivity index (χ0) is 12.8. The Morgan fingerprint density at radius 1 is 1.32 bits per heavy atom. The summed E-state index contributed by atoms with van der Waals surface area (Å²) in [4.78, 5) is 2.56. The van der Waals surface area contributed by atoms with Gasteiger partial charge in [-0.15, -0.1) is 0 Å². The third-order valence-corrected chi connectivity index (χ3v) is 5.00. The van der Waals surface area contributed by atoms with E-state index < -0.39 is 0 Å². The number of halogens is 1. The molecule has 1 aromatic carbocycles. The van der Waals surface area contributed by atoms with Gasteiger partial charge in [0.1, 0.15) is 0 Å². The number of aromatic nitrogens is 2. The molecular weight excluding hydrogens is 304 g/mol. The molecule has 4 nitrogen and oxygen atoms in total. The van der Waals surface area contributed by atoms with Gasteiger partial charge in [-0.1, -0.05) is 15.9 Å². The molecule has 3 saturated heterocycles. The van der Waals surface area contributed by atoms with Gasteiger partial charge >= 0.3 is 0 Å². The molecule has 4 heterocycles. The molecule has 0 amide bonds. The van der Waals surface area contributed by atoms with Crippen molar-refractivity contribution in [3.05, 3.63) is 22.7 Å². The van der Waals surface area contributed by atoms with Crippen molar-refractivity contribution < 1.29 is 0 Å². The third kappa shape index (κ3) is 2.05. The summed E-state index contributed by atoms with van der Waals surface area (Å²) >= 11 is 3.49. The standard InChI is InChI=1S/C14H17BrN4/c15-10-1-2-11-12(7-10)17-18-14(11)16-13-8-19-5-3-9(13)4-6-19/h1-2,7,9,13H,3-6,8H2,(H2,16,17,18). The molecule has 1 unspecified atom stereocenters. The molecule has 100 valence electrons. The van der Waals surface area contributed by atoms with Crippen molar-refractivity contribution in [1.29, 1.82) is 0 Å². The molecule has 0 aliphatic carbocycles. The maximum atomic E-state index is 4.44. The van der Waals surface area contributed by atoms with Crippen molar-refractivity contribution in [2.24, 2.45) is 5.92 Å². The number of piperidine rings is 3. The second-order valence-electron chi connectivity index (χ2n) is 5.65. The fraction of sp³-hybridized carbons (Fsp3) is 0.500. The van der Waals surface area contributed by atoms with Crippen LogP contribution in [-0.2, 0) is 0 Å². The zero-order valence-electron chi connectivity index (χ0n) is 10.7. The summed E-state index contributed by atoms with van der Waals surface area (Å²) in [7, 11) is 0. The first-order valence-corrected chi connectivity index (χ1v) is 7.71. The highest BCUT2D eigenvalue weighted by Crippen LogP contribution is 2.31. The van der Waals surface area contributed by atoms with Gasteiger partial charge in [-0.25, -0.2) is 0 Å². The number of rotatable bonds is 2. The SMILES string of the molecule is Brc1ccc2c(NC3CN4CCC3CC4)n[nH]c2c1. The Bertz CT molecular complexity index is 601. The Kier molecular flexibility index (Phi) is 2.77. The lowest BCUT2D eigenvalue weighted by Crippen LogP contribution is -2.53. The van der Waals surface area contributed by atoms with E-state index >= 15 is 0 Å². The van der Waals surface area contributed by atoms with Crippen LogP contribution < -0.4 is 5.32 Å². The fourth-order valence-electron chi connectivity index (χ4n) is 3.41. The van der Waals surface area contributed by atoms with Crippen molar-refractivity contribution in [2.75, 3.05) is 25.0 Å². The van der Waals surface area contributed by atoms with Crippen molar-refractivity contribution >= 4 is 32.7 Å². The van der Waals surface area contributed by atoms with Crippen molar-refractivity contribution in [3.63, 3.8) is 0 Å². The molecular formula is C14H17BrN4. The minimum absolute atomic E-state index is 0.553. The lowest BCUT2D eigenvalue weighted by molar-refractivity contribution is 0.0974. The number of nitrogens with zero attached hydrogens (tertiary/aromatic N) is 2. The number of nitrogens with one attached hydrogen (secondary N) is 2. The van der Waals surface area contributed by atoms with E-state index in [1.54, 1.807) is 0 Å². The number of anilines is 1. The van der Waals surface area contributed by atoms with E-state index in [1.807, 2.05) is 0 Å². The number of benzene rings is 1. The molecule has 2 aromatic rings. The maximum Gasteiger partial charge on any atom is 0.155 e. The summed E-state index contributed by atoms with van der Waals surface area (Å²) in [5.74, 6) is 1.81. The Morgan fingerprint density at radius 2 is 2.16 bits per heavy atom. The summed E-state index contributed by atoms with van der Waals surface area (Å²) in [5.41, 5.74) is 1.08. The minimum Gasteiger partial charge on any atom is -0.364 e. The molecule has 1 aromatic heterocycles. The van der Waals surface area contributed by atoms with Gasteiger partial charge in [0.15, 0.2) is 5.82 Å². The summed E-state index contributed by atoms with van der Waals surface area (Å²) in [6.07, 6.45) is 2.65. The van der Waals surface area contributed by atoms with Crippen LogP contribution in [0.2, 0.25) is 0 Å². The number of hydrogen-bond donors (Lipinski definition) is 2. The first-order valence-electron chi connectivity index (χ1n) is 6.92. The van der Waals surface area contributed by atoms with Crippen molar-refractivity contribution in [2.45, 2.75) is 18.9 Å². The van der Waals surface area contributed by atoms with Crippen LogP contribution in [0.4, 0.5) is 5.82 Å². The van der Waals surface area contributed by atoms with Crippen LogP contribution >= 0.6 is 15.9 Å². The lowest BCUT2D eigenvalue weighted by Gasteiger charge is -2.45. The number of fused-ring (bicyclic) bond motifs is 4. The Hall–Kier alpha value is -1.07. The van der Waals surface area contributed by atoms with Crippen LogP contribution in [0.25, 0.3) is 10.9 Å². The zero-order valence-corrected chi connectivity index (χ0v) is 12.3. The average Bonchev–Trinajstić information content (AvgIpc) is 2.82. The van der Waals surface area contributed by atoms with Gasteiger partial charge in [-0.05, 0) is 50.0 Å². The monoisotopic (exact) mass is 320 g/mol. The normalized spacial score (nSPS) is 29.8. The number of hydrogen-bond acceptors (Lipinski definition) is 3. The molecule has 3 aliphatic rings. The smallest absolute Gasteiger partial charge is 0.155 e. The highest BCUT2D eigenvalue weighted by molar-refractivity contribution is 9.10. The van der Waals surface area contributed by atoms with E-state index in [0.717, 1.165) is 28.3 Å². The number of aromatic amines is 1. The highest BCUT2D eigenvalue weighted by Gasteiger charge is 2.34. The summed E-state index contributed by atoms with van der Waals surface area (Å²) in [6.45, 7) is 3.71. The van der Waals surface area contributed by atoms with Crippen LogP contribution in [-0.4, -0.2) is 40.8 Å². The second-order valence-corrected chi connectivity index (χ2v) is 6.57. The molecule has 5 heteroatoms. The predicted molar refractivity (Wildman–Crippen MR) is 80.4 cm³/mol. The Labute approximate surface area is 120 Å². The average molecular weight is 321 g/mol. The molecule has 5 rings (SSSR count). The van der Waals surface area contributed by atoms with Crippen LogP contribution in [0.15, 0.2) is 22.7 Å². The predicted octanol–water partition coefficient (Wildman–Crippen LogP) is 2.83. The first-order chi connectivity index (χ1) is 9.29. The highest BCUT2D eigenvalue weighted by atomic mass is 79.9. The van der Waals surface area contributed by atoms with Crippen LogP contribution in [0.3, 0.4) is 0 Å². The van der Waals surface area contributed by atoms with Gasteiger partial charge in [0, 0.05) is 22.4 Å². The molecule has 2 bridgehead atoms. The van der Waals surface area contributed by atoms with E-state index in [-0.39, 0.29) is 0 Å². The molecule has 0 spiro atoms. The molecule has 0 saturated carbocycles. The minimum atomic E-state index is 0.553. The quantitative estimate of drug-likeness (QED) is 0.894. The van der Waals surface area contributed by atoms with E-state index in [9.17, 15) is 0 Å². The van der Waals surface area contributed by atoms with Crippen molar-refractivity contribution in [3.8, 4) is 0 Å². The first kappa shape index (κ1) is 11.7. The van der Waals surface area contributed by atoms with Gasteiger partial charge in [-0.3, -0.25) is 5.10 Å². The largest absolute Gasteiger partial charge is 0.364 e. The lowest BCUT2D eigenvalue weighted by atomic mass is 9.84. The van der Waals surface area contributed by atoms with E-state index in [2.05, 4.69) is 54.5 Å². The summed E-state index contributed by atoms with van der Waals surface area (Å²) in [5, 5.41) is 12.4. The molecule has 19 heavy (non-hydrogen) atoms. The molecule has 3 aliphatic heterocycles. The molecule has 1 atom stereocenters. The Morgan fingerprint density at radius 3 is 2.89 bits per heavy atom. The van der Waals surface area contributed by atoms with Crippen LogP contribution in [0, 0.1) is 5.92 Å². The van der Waals surface area contributed by atoms with Crippen LogP contribution in [0.1, 0.15) is 12.8 Å². The van der Waals surface area contributed by atoms with Gasteiger partial charge in [0.25, 0.3) is 0 Å². The molecule has 2 N–H and O–H groups in total.